The average molecular weight is 292 g/mol. The van der Waals surface area contributed by atoms with Gasteiger partial charge in [0.1, 0.15) is 0 Å². The number of nitrogens with two attached hydrogens (primary N) is 1. The summed E-state index contributed by atoms with van der Waals surface area (Å²) in [6, 6.07) is 9.33. The van der Waals surface area contributed by atoms with Crippen LogP contribution in [0.4, 0.5) is 5.69 Å². The van der Waals surface area contributed by atoms with Crippen molar-refractivity contribution in [2.75, 3.05) is 18.8 Å². The van der Waals surface area contributed by atoms with Crippen molar-refractivity contribution in [3.05, 3.63) is 29.8 Å². The molecular formula is C13H23Cl2N3. The van der Waals surface area contributed by atoms with Gasteiger partial charge in [-0.2, -0.15) is 0 Å². The van der Waals surface area contributed by atoms with Crippen LogP contribution >= 0.6 is 24.8 Å². The smallest absolute Gasteiger partial charge is 0.0317 e. The molecule has 0 aromatic heterocycles. The first-order chi connectivity index (χ1) is 7.63. The van der Waals surface area contributed by atoms with Crippen LogP contribution < -0.4 is 11.1 Å². The second-order valence-corrected chi connectivity index (χ2v) is 4.91. The lowest BCUT2D eigenvalue weighted by molar-refractivity contribution is 0.166. The molecule has 0 bridgehead atoms. The summed E-state index contributed by atoms with van der Waals surface area (Å²) < 4.78 is 0. The van der Waals surface area contributed by atoms with E-state index in [0.717, 1.165) is 25.3 Å². The number of nitrogen functional groups attached to an aromatic ring is 1. The summed E-state index contributed by atoms with van der Waals surface area (Å²) in [6.07, 6.45) is 0. The van der Waals surface area contributed by atoms with E-state index in [1.807, 2.05) is 12.1 Å². The van der Waals surface area contributed by atoms with E-state index in [9.17, 15) is 0 Å². The zero-order valence-corrected chi connectivity index (χ0v) is 12.6. The average Bonchev–Trinajstić information content (AvgIpc) is 2.15. The summed E-state index contributed by atoms with van der Waals surface area (Å²) in [5.41, 5.74) is 7.95. The Hall–Kier alpha value is -0.480. The first kappa shape index (κ1) is 17.5. The van der Waals surface area contributed by atoms with Gasteiger partial charge in [0.2, 0.25) is 0 Å². The largest absolute Gasteiger partial charge is 0.399 e. The fourth-order valence-corrected chi connectivity index (χ4v) is 2.52. The molecular weight excluding hydrogens is 269 g/mol. The molecule has 2 atom stereocenters. The van der Waals surface area contributed by atoms with E-state index in [1.54, 1.807) is 0 Å². The van der Waals surface area contributed by atoms with Crippen molar-refractivity contribution in [3.63, 3.8) is 0 Å². The van der Waals surface area contributed by atoms with Crippen molar-refractivity contribution in [3.8, 4) is 0 Å². The van der Waals surface area contributed by atoms with Crippen LogP contribution in [-0.4, -0.2) is 30.1 Å². The molecule has 0 amide bonds. The van der Waals surface area contributed by atoms with Gasteiger partial charge < -0.3 is 11.1 Å². The van der Waals surface area contributed by atoms with Crippen molar-refractivity contribution in [1.29, 1.82) is 0 Å². The molecule has 3 N–H and O–H groups in total. The highest BCUT2D eigenvalue weighted by molar-refractivity contribution is 5.85. The van der Waals surface area contributed by atoms with E-state index in [1.165, 1.54) is 5.56 Å². The molecule has 18 heavy (non-hydrogen) atoms. The number of nitrogens with zero attached hydrogens (tertiary/aromatic N) is 1. The van der Waals surface area contributed by atoms with Gasteiger partial charge in [0.25, 0.3) is 0 Å². The van der Waals surface area contributed by atoms with E-state index in [-0.39, 0.29) is 24.8 Å². The molecule has 1 aliphatic rings. The zero-order chi connectivity index (χ0) is 11.5. The maximum atomic E-state index is 5.79. The van der Waals surface area contributed by atoms with Crippen molar-refractivity contribution in [1.82, 2.24) is 10.2 Å². The molecule has 1 heterocycles. The Balaban J connectivity index is 0.00000144. The normalized spacial score (nSPS) is 23.9. The molecule has 1 aromatic carbocycles. The van der Waals surface area contributed by atoms with Crippen LogP contribution in [-0.2, 0) is 6.54 Å². The lowest BCUT2D eigenvalue weighted by atomic mass is 10.1. The third kappa shape index (κ3) is 5.02. The fraction of sp³-hybridized carbons (Fsp3) is 0.538. The van der Waals surface area contributed by atoms with Crippen LogP contribution in [0.1, 0.15) is 19.4 Å². The van der Waals surface area contributed by atoms with Gasteiger partial charge in [0, 0.05) is 37.4 Å². The quantitative estimate of drug-likeness (QED) is 0.822. The third-order valence-corrected chi connectivity index (χ3v) is 2.99. The molecule has 2 rings (SSSR count). The molecule has 0 aliphatic carbocycles. The second-order valence-electron chi connectivity index (χ2n) is 4.91. The Bertz CT molecular complexity index is 350. The summed E-state index contributed by atoms with van der Waals surface area (Å²) in [4.78, 5) is 2.49. The molecule has 0 radical (unpaired) electrons. The minimum atomic E-state index is 0. The maximum absolute atomic E-state index is 5.79. The maximum Gasteiger partial charge on any atom is 0.0317 e. The minimum Gasteiger partial charge on any atom is -0.399 e. The molecule has 3 nitrogen and oxygen atoms in total. The SMILES string of the molecule is CC1CN(Cc2cccc(N)c2)CC(C)N1.Cl.Cl. The van der Waals surface area contributed by atoms with Crippen molar-refractivity contribution in [2.24, 2.45) is 0 Å². The number of piperazine rings is 1. The predicted octanol–water partition coefficient (Wildman–Crippen LogP) is 2.29. The number of hydrogen-bond donors (Lipinski definition) is 2. The van der Waals surface area contributed by atoms with Gasteiger partial charge in [0.05, 0.1) is 0 Å². The standard InChI is InChI=1S/C13H21N3.2ClH/c1-10-7-16(8-11(2)15-10)9-12-4-3-5-13(14)6-12;;/h3-6,10-11,15H,7-9,14H2,1-2H3;2*1H. The van der Waals surface area contributed by atoms with Crippen LogP contribution in [0.3, 0.4) is 0 Å². The summed E-state index contributed by atoms with van der Waals surface area (Å²) in [5, 5.41) is 3.54. The molecule has 0 saturated carbocycles. The summed E-state index contributed by atoms with van der Waals surface area (Å²) in [5.74, 6) is 0. The van der Waals surface area contributed by atoms with Crippen molar-refractivity contribution in [2.45, 2.75) is 32.5 Å². The van der Waals surface area contributed by atoms with Gasteiger partial charge in [-0.3, -0.25) is 4.90 Å². The number of hydrogen-bond acceptors (Lipinski definition) is 3. The van der Waals surface area contributed by atoms with Crippen LogP contribution in [0.2, 0.25) is 0 Å². The first-order valence-electron chi connectivity index (χ1n) is 5.96. The highest BCUT2D eigenvalue weighted by Gasteiger charge is 2.20. The highest BCUT2D eigenvalue weighted by atomic mass is 35.5. The van der Waals surface area contributed by atoms with Crippen LogP contribution in [0.15, 0.2) is 24.3 Å². The summed E-state index contributed by atoms with van der Waals surface area (Å²) >= 11 is 0. The summed E-state index contributed by atoms with van der Waals surface area (Å²) in [6.45, 7) is 7.70. The van der Waals surface area contributed by atoms with Gasteiger partial charge in [-0.05, 0) is 31.5 Å². The van der Waals surface area contributed by atoms with Gasteiger partial charge in [-0.25, -0.2) is 0 Å². The Morgan fingerprint density at radius 3 is 2.39 bits per heavy atom. The molecule has 1 fully saturated rings. The van der Waals surface area contributed by atoms with Crippen LogP contribution in [0.25, 0.3) is 0 Å². The minimum absolute atomic E-state index is 0. The number of nitrogens with one attached hydrogen (secondary N) is 1. The van der Waals surface area contributed by atoms with E-state index in [0.29, 0.717) is 12.1 Å². The molecule has 1 aliphatic heterocycles. The zero-order valence-electron chi connectivity index (χ0n) is 10.9. The molecule has 1 saturated heterocycles. The van der Waals surface area contributed by atoms with E-state index in [2.05, 4.69) is 36.2 Å². The lowest BCUT2D eigenvalue weighted by Gasteiger charge is -2.36. The molecule has 0 spiro atoms. The van der Waals surface area contributed by atoms with E-state index >= 15 is 0 Å². The number of benzene rings is 1. The molecule has 104 valence electrons. The lowest BCUT2D eigenvalue weighted by Crippen LogP contribution is -2.53. The fourth-order valence-electron chi connectivity index (χ4n) is 2.52. The van der Waals surface area contributed by atoms with Crippen molar-refractivity contribution < 1.29 is 0 Å². The van der Waals surface area contributed by atoms with Crippen LogP contribution in [0, 0.1) is 0 Å². The van der Waals surface area contributed by atoms with E-state index in [4.69, 9.17) is 5.73 Å². The van der Waals surface area contributed by atoms with E-state index < -0.39 is 0 Å². The predicted molar refractivity (Wildman–Crippen MR) is 82.7 cm³/mol. The Morgan fingerprint density at radius 2 is 1.83 bits per heavy atom. The van der Waals surface area contributed by atoms with Crippen molar-refractivity contribution >= 4 is 30.5 Å². The van der Waals surface area contributed by atoms with Gasteiger partial charge in [0.15, 0.2) is 0 Å². The Labute approximate surface area is 122 Å². The summed E-state index contributed by atoms with van der Waals surface area (Å²) in [7, 11) is 0. The van der Waals surface area contributed by atoms with Gasteiger partial charge in [-0.15, -0.1) is 24.8 Å². The van der Waals surface area contributed by atoms with Crippen LogP contribution in [0.5, 0.6) is 0 Å². The Morgan fingerprint density at radius 1 is 1.22 bits per heavy atom. The topological polar surface area (TPSA) is 41.3 Å². The van der Waals surface area contributed by atoms with Gasteiger partial charge >= 0.3 is 0 Å². The molecule has 5 heteroatoms. The molecule has 2 unspecified atom stereocenters. The number of halogens is 2. The number of rotatable bonds is 2. The molecule has 1 aromatic rings. The Kier molecular flexibility index (Phi) is 7.64. The second kappa shape index (κ2) is 7.85. The first-order valence-corrected chi connectivity index (χ1v) is 5.96. The highest BCUT2D eigenvalue weighted by Crippen LogP contribution is 2.12. The monoisotopic (exact) mass is 291 g/mol. The third-order valence-electron chi connectivity index (χ3n) is 2.99. The number of anilines is 1. The van der Waals surface area contributed by atoms with Gasteiger partial charge in [-0.1, -0.05) is 12.1 Å².